The SMILES string of the molecule is O=CC(=O)OCCCCC(=O)OC1CSCCO1. The molecule has 1 rings (SSSR count). The van der Waals surface area contributed by atoms with Gasteiger partial charge in [-0.15, -0.1) is 0 Å². The van der Waals surface area contributed by atoms with Crippen LogP contribution in [0, 0.1) is 0 Å². The Morgan fingerprint density at radius 2 is 2.22 bits per heavy atom. The maximum atomic E-state index is 11.4. The maximum Gasteiger partial charge on any atom is 0.371 e. The monoisotopic (exact) mass is 276 g/mol. The van der Waals surface area contributed by atoms with Crippen molar-refractivity contribution in [2.75, 3.05) is 24.7 Å². The van der Waals surface area contributed by atoms with Crippen molar-refractivity contribution < 1.29 is 28.6 Å². The lowest BCUT2D eigenvalue weighted by Gasteiger charge is -2.21. The van der Waals surface area contributed by atoms with Crippen LogP contribution in [0.5, 0.6) is 0 Å². The van der Waals surface area contributed by atoms with Gasteiger partial charge < -0.3 is 14.2 Å². The highest BCUT2D eigenvalue weighted by molar-refractivity contribution is 7.99. The van der Waals surface area contributed by atoms with Gasteiger partial charge in [0.25, 0.3) is 0 Å². The number of esters is 2. The minimum Gasteiger partial charge on any atom is -0.460 e. The van der Waals surface area contributed by atoms with E-state index in [-0.39, 0.29) is 25.3 Å². The first-order valence-electron chi connectivity index (χ1n) is 5.73. The van der Waals surface area contributed by atoms with E-state index in [2.05, 4.69) is 4.74 Å². The van der Waals surface area contributed by atoms with Crippen LogP contribution in [-0.4, -0.2) is 49.2 Å². The van der Waals surface area contributed by atoms with Gasteiger partial charge in [0.15, 0.2) is 0 Å². The Morgan fingerprint density at radius 1 is 1.39 bits per heavy atom. The Morgan fingerprint density at radius 3 is 2.89 bits per heavy atom. The van der Waals surface area contributed by atoms with Crippen LogP contribution in [0.15, 0.2) is 0 Å². The van der Waals surface area contributed by atoms with E-state index in [1.807, 2.05) is 0 Å². The Bertz CT molecular complexity index is 287. The predicted octanol–water partition coefficient (Wildman–Crippen LogP) is 0.531. The van der Waals surface area contributed by atoms with Gasteiger partial charge in [-0.2, -0.15) is 11.8 Å². The van der Waals surface area contributed by atoms with Gasteiger partial charge in [-0.1, -0.05) is 0 Å². The zero-order valence-electron chi connectivity index (χ0n) is 9.96. The van der Waals surface area contributed by atoms with Crippen molar-refractivity contribution in [3.8, 4) is 0 Å². The van der Waals surface area contributed by atoms with Crippen molar-refractivity contribution in [3.05, 3.63) is 0 Å². The number of hydrogen-bond donors (Lipinski definition) is 0. The highest BCUT2D eigenvalue weighted by atomic mass is 32.2. The standard InChI is InChI=1S/C11H16O6S/c12-7-10(14)15-4-2-1-3-9(13)17-11-8-18-6-5-16-11/h7,11H,1-6,8H2. The van der Waals surface area contributed by atoms with Crippen LogP contribution in [0.2, 0.25) is 0 Å². The second kappa shape index (κ2) is 8.93. The zero-order chi connectivity index (χ0) is 13.2. The molecule has 1 saturated heterocycles. The molecule has 0 amide bonds. The van der Waals surface area contributed by atoms with Crippen molar-refractivity contribution in [1.82, 2.24) is 0 Å². The summed E-state index contributed by atoms with van der Waals surface area (Å²) in [4.78, 5) is 31.8. The third-order valence-corrected chi connectivity index (χ3v) is 3.13. The lowest BCUT2D eigenvalue weighted by molar-refractivity contribution is -0.173. The Kier molecular flexibility index (Phi) is 7.43. The van der Waals surface area contributed by atoms with Crippen LogP contribution in [0.1, 0.15) is 19.3 Å². The molecule has 1 atom stereocenters. The summed E-state index contributed by atoms with van der Waals surface area (Å²) in [7, 11) is 0. The summed E-state index contributed by atoms with van der Waals surface area (Å²) in [6.07, 6.45) is 0.999. The molecule has 0 aliphatic carbocycles. The number of rotatable bonds is 7. The molecule has 7 heteroatoms. The van der Waals surface area contributed by atoms with E-state index in [9.17, 15) is 14.4 Å². The van der Waals surface area contributed by atoms with Crippen molar-refractivity contribution in [3.63, 3.8) is 0 Å². The number of hydrogen-bond acceptors (Lipinski definition) is 7. The first-order valence-corrected chi connectivity index (χ1v) is 6.88. The van der Waals surface area contributed by atoms with E-state index in [1.54, 1.807) is 11.8 Å². The molecule has 102 valence electrons. The van der Waals surface area contributed by atoms with Gasteiger partial charge in [-0.25, -0.2) is 4.79 Å². The molecular formula is C11H16O6S. The van der Waals surface area contributed by atoms with Crippen LogP contribution in [0.3, 0.4) is 0 Å². The van der Waals surface area contributed by atoms with Crippen molar-refractivity contribution in [2.45, 2.75) is 25.6 Å². The number of aldehydes is 1. The molecule has 0 saturated carbocycles. The Labute approximate surface area is 109 Å². The maximum absolute atomic E-state index is 11.4. The van der Waals surface area contributed by atoms with Gasteiger partial charge in [0.2, 0.25) is 12.6 Å². The van der Waals surface area contributed by atoms with E-state index < -0.39 is 12.3 Å². The quantitative estimate of drug-likeness (QED) is 0.290. The van der Waals surface area contributed by atoms with Gasteiger partial charge in [0.05, 0.1) is 19.0 Å². The molecule has 1 heterocycles. The lowest BCUT2D eigenvalue weighted by Crippen LogP contribution is -2.28. The van der Waals surface area contributed by atoms with E-state index >= 15 is 0 Å². The third-order valence-electron chi connectivity index (χ3n) is 2.16. The topological polar surface area (TPSA) is 78.9 Å². The predicted molar refractivity (Wildman–Crippen MR) is 64.0 cm³/mol. The molecule has 1 unspecified atom stereocenters. The van der Waals surface area contributed by atoms with Crippen LogP contribution < -0.4 is 0 Å². The Hall–Kier alpha value is -1.08. The lowest BCUT2D eigenvalue weighted by atomic mass is 10.2. The molecule has 0 radical (unpaired) electrons. The van der Waals surface area contributed by atoms with Gasteiger partial charge in [-0.05, 0) is 12.8 Å². The molecule has 6 nitrogen and oxygen atoms in total. The molecule has 0 aromatic heterocycles. The number of carbonyl (C=O) groups is 3. The molecule has 1 aliphatic rings. The van der Waals surface area contributed by atoms with E-state index in [1.165, 1.54) is 0 Å². The highest BCUT2D eigenvalue weighted by Gasteiger charge is 2.18. The van der Waals surface area contributed by atoms with Crippen LogP contribution in [-0.2, 0) is 28.6 Å². The smallest absolute Gasteiger partial charge is 0.371 e. The van der Waals surface area contributed by atoms with E-state index in [0.717, 1.165) is 5.75 Å². The molecular weight excluding hydrogens is 260 g/mol. The molecule has 18 heavy (non-hydrogen) atoms. The molecule has 0 bridgehead atoms. The zero-order valence-corrected chi connectivity index (χ0v) is 10.8. The van der Waals surface area contributed by atoms with Crippen LogP contribution >= 0.6 is 11.8 Å². The second-order valence-corrected chi connectivity index (χ2v) is 4.76. The van der Waals surface area contributed by atoms with Crippen molar-refractivity contribution in [1.29, 1.82) is 0 Å². The summed E-state index contributed by atoms with van der Waals surface area (Å²) < 4.78 is 14.9. The average molecular weight is 276 g/mol. The fourth-order valence-electron chi connectivity index (χ4n) is 1.32. The summed E-state index contributed by atoms with van der Waals surface area (Å²) in [5.41, 5.74) is 0. The number of thioether (sulfide) groups is 1. The third kappa shape index (κ3) is 6.61. The van der Waals surface area contributed by atoms with E-state index in [4.69, 9.17) is 9.47 Å². The van der Waals surface area contributed by atoms with Crippen molar-refractivity contribution >= 4 is 30.0 Å². The Balaban J connectivity index is 1.99. The minimum atomic E-state index is -0.884. The summed E-state index contributed by atoms with van der Waals surface area (Å²) in [6, 6.07) is 0. The molecule has 0 aromatic carbocycles. The summed E-state index contributed by atoms with van der Waals surface area (Å²) in [5.74, 6) is 0.396. The number of carbonyl (C=O) groups excluding carboxylic acids is 3. The normalized spacial score (nSPS) is 19.0. The van der Waals surface area contributed by atoms with Crippen molar-refractivity contribution in [2.24, 2.45) is 0 Å². The van der Waals surface area contributed by atoms with Crippen LogP contribution in [0.25, 0.3) is 0 Å². The molecule has 0 aromatic rings. The van der Waals surface area contributed by atoms with Gasteiger partial charge in [-0.3, -0.25) is 9.59 Å². The number of ether oxygens (including phenoxy) is 3. The molecule has 1 aliphatic heterocycles. The fourth-order valence-corrected chi connectivity index (χ4v) is 2.06. The van der Waals surface area contributed by atoms with Crippen LogP contribution in [0.4, 0.5) is 0 Å². The van der Waals surface area contributed by atoms with Gasteiger partial charge in [0.1, 0.15) is 0 Å². The highest BCUT2D eigenvalue weighted by Crippen LogP contribution is 2.14. The summed E-state index contributed by atoms with van der Waals surface area (Å²) in [6.45, 7) is 0.741. The second-order valence-electron chi connectivity index (χ2n) is 3.61. The molecule has 0 spiro atoms. The van der Waals surface area contributed by atoms with E-state index in [0.29, 0.717) is 25.2 Å². The van der Waals surface area contributed by atoms with Gasteiger partial charge >= 0.3 is 11.9 Å². The summed E-state index contributed by atoms with van der Waals surface area (Å²) in [5, 5.41) is 0. The molecule has 0 N–H and O–H groups in total. The number of unbranched alkanes of at least 4 members (excludes halogenated alkanes) is 1. The van der Waals surface area contributed by atoms with Gasteiger partial charge in [0, 0.05) is 12.2 Å². The largest absolute Gasteiger partial charge is 0.460 e. The molecule has 1 fully saturated rings. The first kappa shape index (κ1) is 15.0. The fraction of sp³-hybridized carbons (Fsp3) is 0.727. The average Bonchev–Trinajstić information content (AvgIpc) is 2.39. The summed E-state index contributed by atoms with van der Waals surface area (Å²) >= 11 is 1.69. The minimum absolute atomic E-state index is 0.117. The first-order chi connectivity index (χ1) is 8.72.